The topological polar surface area (TPSA) is 58.1 Å². The van der Waals surface area contributed by atoms with Crippen LogP contribution in [0.15, 0.2) is 23.2 Å². The highest BCUT2D eigenvalue weighted by Gasteiger charge is 2.27. The Morgan fingerprint density at radius 3 is 2.43 bits per heavy atom. The van der Waals surface area contributed by atoms with Gasteiger partial charge < -0.3 is 20.1 Å². The highest BCUT2D eigenvalue weighted by Crippen LogP contribution is 2.31. The van der Waals surface area contributed by atoms with Crippen LogP contribution < -0.4 is 20.1 Å². The Morgan fingerprint density at radius 1 is 1.11 bits per heavy atom. The van der Waals surface area contributed by atoms with E-state index in [-0.39, 0.29) is 29.5 Å². The minimum absolute atomic E-state index is 0. The molecule has 0 amide bonds. The highest BCUT2D eigenvalue weighted by molar-refractivity contribution is 14.0. The lowest BCUT2D eigenvalue weighted by Gasteiger charge is -2.41. The Kier molecular flexibility index (Phi) is 11.0. The lowest BCUT2D eigenvalue weighted by atomic mass is 9.98. The Balaban J connectivity index is 0.00000392. The Morgan fingerprint density at radius 2 is 1.82 bits per heavy atom. The van der Waals surface area contributed by atoms with Crippen LogP contribution in [0.5, 0.6) is 11.5 Å². The van der Waals surface area contributed by atoms with Gasteiger partial charge in [-0.1, -0.05) is 18.6 Å². The van der Waals surface area contributed by atoms with E-state index in [4.69, 9.17) is 14.5 Å². The Bertz CT molecular complexity index is 616. The van der Waals surface area contributed by atoms with Gasteiger partial charge in [0, 0.05) is 24.2 Å². The molecule has 2 N–H and O–H groups in total. The molecule has 28 heavy (non-hydrogen) atoms. The summed E-state index contributed by atoms with van der Waals surface area (Å²) in [6.07, 6.45) is 3.95. The minimum Gasteiger partial charge on any atom is -0.493 e. The summed E-state index contributed by atoms with van der Waals surface area (Å²) in [5, 5.41) is 6.86. The second kappa shape index (κ2) is 12.4. The second-order valence-corrected chi connectivity index (χ2v) is 7.56. The molecule has 0 saturated carbocycles. The number of nitrogens with zero attached hydrogens (tertiary/aromatic N) is 2. The maximum atomic E-state index is 5.51. The summed E-state index contributed by atoms with van der Waals surface area (Å²) in [4.78, 5) is 7.34. The maximum Gasteiger partial charge on any atom is 0.191 e. The Hall–Kier alpha value is -1.22. The molecule has 0 spiro atoms. The van der Waals surface area contributed by atoms with Gasteiger partial charge >= 0.3 is 0 Å². The molecular weight excluding hydrogens is 467 g/mol. The van der Waals surface area contributed by atoms with Gasteiger partial charge in [-0.2, -0.15) is 0 Å². The predicted octanol–water partition coefficient (Wildman–Crippen LogP) is 3.64. The zero-order valence-corrected chi connectivity index (χ0v) is 20.3. The molecular formula is C21H37IN4O2. The number of guanidine groups is 1. The van der Waals surface area contributed by atoms with E-state index in [1.807, 2.05) is 18.2 Å². The number of piperidine rings is 1. The van der Waals surface area contributed by atoms with E-state index < -0.39 is 0 Å². The molecule has 6 nitrogen and oxygen atoms in total. The van der Waals surface area contributed by atoms with E-state index in [0.29, 0.717) is 6.54 Å². The number of para-hydroxylation sites is 1. The molecule has 0 aromatic heterocycles. The molecule has 1 aromatic rings. The fourth-order valence-electron chi connectivity index (χ4n) is 3.50. The molecule has 0 atom stereocenters. The Labute approximate surface area is 187 Å². The second-order valence-electron chi connectivity index (χ2n) is 7.56. The van der Waals surface area contributed by atoms with E-state index in [9.17, 15) is 0 Å². The summed E-state index contributed by atoms with van der Waals surface area (Å²) >= 11 is 0. The minimum atomic E-state index is 0. The van der Waals surface area contributed by atoms with Crippen LogP contribution in [-0.2, 0) is 6.54 Å². The van der Waals surface area contributed by atoms with Crippen molar-refractivity contribution in [3.63, 3.8) is 0 Å². The predicted molar refractivity (Wildman–Crippen MR) is 127 cm³/mol. The van der Waals surface area contributed by atoms with Crippen molar-refractivity contribution in [3.05, 3.63) is 23.8 Å². The first-order valence-electron chi connectivity index (χ1n) is 9.99. The molecule has 0 unspecified atom stereocenters. The molecule has 1 fully saturated rings. The van der Waals surface area contributed by atoms with Gasteiger partial charge in [-0.25, -0.2) is 4.99 Å². The van der Waals surface area contributed by atoms with Crippen molar-refractivity contribution < 1.29 is 9.47 Å². The number of ether oxygens (including phenoxy) is 2. The van der Waals surface area contributed by atoms with Crippen molar-refractivity contribution >= 4 is 29.9 Å². The van der Waals surface area contributed by atoms with Gasteiger partial charge in [0.2, 0.25) is 0 Å². The van der Waals surface area contributed by atoms with Crippen molar-refractivity contribution in [2.45, 2.75) is 52.1 Å². The summed E-state index contributed by atoms with van der Waals surface area (Å²) in [6.45, 7) is 11.3. The summed E-state index contributed by atoms with van der Waals surface area (Å²) in [5.74, 6) is 2.30. The first-order chi connectivity index (χ1) is 13.0. The summed E-state index contributed by atoms with van der Waals surface area (Å²) in [5.41, 5.74) is 1.11. The van der Waals surface area contributed by atoms with E-state index in [1.165, 1.54) is 32.4 Å². The van der Waals surface area contributed by atoms with Gasteiger partial charge in [0.25, 0.3) is 0 Å². The van der Waals surface area contributed by atoms with Crippen LogP contribution >= 0.6 is 24.0 Å². The molecule has 0 aliphatic carbocycles. The van der Waals surface area contributed by atoms with Crippen molar-refractivity contribution in [1.29, 1.82) is 0 Å². The van der Waals surface area contributed by atoms with Gasteiger partial charge in [-0.3, -0.25) is 4.90 Å². The van der Waals surface area contributed by atoms with Crippen molar-refractivity contribution in [2.75, 3.05) is 40.4 Å². The van der Waals surface area contributed by atoms with Crippen LogP contribution in [0.4, 0.5) is 0 Å². The number of rotatable bonds is 8. The fourth-order valence-corrected chi connectivity index (χ4v) is 3.50. The summed E-state index contributed by atoms with van der Waals surface area (Å²) < 4.78 is 10.9. The van der Waals surface area contributed by atoms with Gasteiger partial charge in [-0.15, -0.1) is 24.0 Å². The molecule has 0 bridgehead atoms. The standard InChI is InChI=1S/C21H36N4O2.HI/c1-6-22-20(24-16-21(2,3)25-13-8-7-9-14-25)23-15-17-11-10-12-18(26-4)19(17)27-5;/h10-12H,6-9,13-16H2,1-5H3,(H2,22,23,24);1H. The van der Waals surface area contributed by atoms with Gasteiger partial charge in [0.15, 0.2) is 17.5 Å². The van der Waals surface area contributed by atoms with Crippen molar-refractivity contribution in [2.24, 2.45) is 4.99 Å². The van der Waals surface area contributed by atoms with Gasteiger partial charge in [-0.05, 0) is 52.8 Å². The number of nitrogens with one attached hydrogen (secondary N) is 2. The third-order valence-corrected chi connectivity index (χ3v) is 5.14. The number of hydrogen-bond donors (Lipinski definition) is 2. The average Bonchev–Trinajstić information content (AvgIpc) is 2.70. The zero-order chi connectivity index (χ0) is 19.7. The lowest BCUT2D eigenvalue weighted by molar-refractivity contribution is 0.0982. The number of methoxy groups -OCH3 is 2. The van der Waals surface area contributed by atoms with Crippen LogP contribution in [0.25, 0.3) is 0 Å². The highest BCUT2D eigenvalue weighted by atomic mass is 127. The largest absolute Gasteiger partial charge is 0.493 e. The summed E-state index contributed by atoms with van der Waals surface area (Å²) in [6, 6.07) is 5.88. The molecule has 1 heterocycles. The lowest BCUT2D eigenvalue weighted by Crippen LogP contribution is -2.54. The van der Waals surface area contributed by atoms with Crippen molar-refractivity contribution in [1.82, 2.24) is 15.5 Å². The third kappa shape index (κ3) is 6.99. The van der Waals surface area contributed by atoms with Crippen LogP contribution in [0.1, 0.15) is 45.6 Å². The monoisotopic (exact) mass is 504 g/mol. The average molecular weight is 504 g/mol. The number of likely N-dealkylation sites (tertiary alicyclic amines) is 1. The first-order valence-corrected chi connectivity index (χ1v) is 9.99. The van der Waals surface area contributed by atoms with Crippen LogP contribution in [0.2, 0.25) is 0 Å². The fraction of sp³-hybridized carbons (Fsp3) is 0.667. The van der Waals surface area contributed by atoms with E-state index >= 15 is 0 Å². The molecule has 1 aliphatic heterocycles. The number of halogens is 1. The van der Waals surface area contributed by atoms with E-state index in [0.717, 1.165) is 36.1 Å². The van der Waals surface area contributed by atoms with Crippen LogP contribution in [0, 0.1) is 0 Å². The zero-order valence-electron chi connectivity index (χ0n) is 18.0. The van der Waals surface area contributed by atoms with E-state index in [1.54, 1.807) is 14.2 Å². The number of benzene rings is 1. The van der Waals surface area contributed by atoms with E-state index in [2.05, 4.69) is 36.3 Å². The van der Waals surface area contributed by atoms with Gasteiger partial charge in [0.05, 0.1) is 20.8 Å². The van der Waals surface area contributed by atoms with Crippen LogP contribution in [0.3, 0.4) is 0 Å². The smallest absolute Gasteiger partial charge is 0.191 e. The van der Waals surface area contributed by atoms with Gasteiger partial charge in [0.1, 0.15) is 0 Å². The number of hydrogen-bond acceptors (Lipinski definition) is 4. The molecule has 0 radical (unpaired) electrons. The normalized spacial score (nSPS) is 15.5. The summed E-state index contributed by atoms with van der Waals surface area (Å²) in [7, 11) is 3.31. The third-order valence-electron chi connectivity index (χ3n) is 5.14. The maximum absolute atomic E-state index is 5.51. The molecule has 160 valence electrons. The quantitative estimate of drug-likeness (QED) is 0.322. The van der Waals surface area contributed by atoms with Crippen molar-refractivity contribution in [3.8, 4) is 11.5 Å². The first kappa shape index (κ1) is 24.8. The molecule has 1 aliphatic rings. The molecule has 2 rings (SSSR count). The molecule has 1 aromatic carbocycles. The molecule has 7 heteroatoms. The van der Waals surface area contributed by atoms with Crippen LogP contribution in [-0.4, -0.2) is 56.8 Å². The SMILES string of the molecule is CCNC(=NCc1cccc(OC)c1OC)NCC(C)(C)N1CCCCC1.I. The molecule has 1 saturated heterocycles. The number of aliphatic imine (C=N–C) groups is 1.